The third-order valence-corrected chi connectivity index (χ3v) is 6.30. The summed E-state index contributed by atoms with van der Waals surface area (Å²) in [5, 5.41) is 5.84. The van der Waals surface area contributed by atoms with Gasteiger partial charge in [0.1, 0.15) is 28.2 Å². The number of likely N-dealkylation sites (N-methyl/N-ethyl adjacent to an activating group) is 2. The molecule has 0 amide bonds. The summed E-state index contributed by atoms with van der Waals surface area (Å²) < 4.78 is 68.9. The van der Waals surface area contributed by atoms with Gasteiger partial charge in [0.2, 0.25) is 0 Å². The van der Waals surface area contributed by atoms with Crippen LogP contribution in [0.15, 0.2) is 53.6 Å². The molecule has 184 valence electrons. The Morgan fingerprint density at radius 1 is 1.03 bits per heavy atom. The first-order chi connectivity index (χ1) is 15.6. The number of aromatic nitrogens is 1. The number of halogens is 5. The highest BCUT2D eigenvalue weighted by molar-refractivity contribution is 7.92. The smallest absolute Gasteiger partial charge is 0.266 e. The molecule has 0 radical (unpaired) electrons. The van der Waals surface area contributed by atoms with E-state index in [0.29, 0.717) is 24.5 Å². The number of hydrogen-bond donors (Lipinski definition) is 3. The van der Waals surface area contributed by atoms with Crippen LogP contribution in [-0.4, -0.2) is 40.6 Å². The van der Waals surface area contributed by atoms with E-state index in [1.54, 1.807) is 19.0 Å². The van der Waals surface area contributed by atoms with Crippen LogP contribution in [0.2, 0.25) is 5.02 Å². The minimum atomic E-state index is -4.39. The molecule has 0 atom stereocenters. The first kappa shape index (κ1) is 27.5. The van der Waals surface area contributed by atoms with Crippen molar-refractivity contribution in [3.8, 4) is 0 Å². The fraction of sp³-hybridized carbons (Fsp3) is 0.190. The van der Waals surface area contributed by atoms with Crippen molar-refractivity contribution in [2.45, 2.75) is 4.90 Å². The van der Waals surface area contributed by atoms with Gasteiger partial charge in [-0.3, -0.25) is 4.72 Å². The Balaban J connectivity index is 0.00000408. The second-order valence-corrected chi connectivity index (χ2v) is 9.10. The van der Waals surface area contributed by atoms with Gasteiger partial charge in [0.25, 0.3) is 10.0 Å². The highest BCUT2D eigenvalue weighted by atomic mass is 35.5. The molecule has 0 fully saturated rings. The molecule has 7 nitrogen and oxygen atoms in total. The summed E-state index contributed by atoms with van der Waals surface area (Å²) in [5.74, 6) is -2.37. The minimum Gasteiger partial charge on any atom is -0.372 e. The number of nitrogens with one attached hydrogen (secondary N) is 3. The normalized spacial score (nSPS) is 11.0. The van der Waals surface area contributed by atoms with Crippen LogP contribution in [0.4, 0.5) is 36.1 Å². The van der Waals surface area contributed by atoms with Gasteiger partial charge in [-0.2, -0.15) is 0 Å². The Kier molecular flexibility index (Phi) is 9.39. The molecule has 1 heterocycles. The van der Waals surface area contributed by atoms with Crippen molar-refractivity contribution < 1.29 is 21.6 Å². The summed E-state index contributed by atoms with van der Waals surface area (Å²) >= 11 is 6.24. The van der Waals surface area contributed by atoms with E-state index < -0.39 is 32.4 Å². The fourth-order valence-electron chi connectivity index (χ4n) is 2.93. The van der Waals surface area contributed by atoms with Gasteiger partial charge >= 0.3 is 0 Å². The maximum absolute atomic E-state index is 14.8. The first-order valence-electron chi connectivity index (χ1n) is 9.66. The summed E-state index contributed by atoms with van der Waals surface area (Å²) in [5.41, 5.74) is 1.03. The second kappa shape index (κ2) is 11.6. The fourth-order valence-corrected chi connectivity index (χ4v) is 4.30. The van der Waals surface area contributed by atoms with Crippen LogP contribution >= 0.6 is 24.0 Å². The lowest BCUT2D eigenvalue weighted by atomic mass is 10.2. The second-order valence-electron chi connectivity index (χ2n) is 7.04. The Morgan fingerprint density at radius 3 is 2.38 bits per heavy atom. The molecule has 3 aromatic rings. The average molecular weight is 536 g/mol. The van der Waals surface area contributed by atoms with Crippen LogP contribution in [0.5, 0.6) is 0 Å². The summed E-state index contributed by atoms with van der Waals surface area (Å²) in [4.78, 5) is 4.68. The molecule has 0 unspecified atom stereocenters. The maximum atomic E-state index is 14.8. The molecule has 3 N–H and O–H groups in total. The van der Waals surface area contributed by atoms with E-state index in [0.717, 1.165) is 30.5 Å². The van der Waals surface area contributed by atoms with Crippen LogP contribution in [0.3, 0.4) is 0 Å². The molecule has 13 heteroatoms. The SMILES string of the molecule is CNCCN(C)c1cc(F)ccc1Nc1cc(F)c(S(=O)(=O)Nc2ccc(F)cn2)cc1Cl.Cl. The maximum Gasteiger partial charge on any atom is 0.266 e. The minimum absolute atomic E-state index is 0. The van der Waals surface area contributed by atoms with E-state index in [1.807, 2.05) is 0 Å². The van der Waals surface area contributed by atoms with Crippen LogP contribution in [0.25, 0.3) is 0 Å². The number of anilines is 4. The molecule has 0 aliphatic rings. The zero-order valence-corrected chi connectivity index (χ0v) is 20.5. The molecule has 1 aromatic heterocycles. The van der Waals surface area contributed by atoms with Gasteiger partial charge in [-0.05, 0) is 43.4 Å². The van der Waals surface area contributed by atoms with Gasteiger partial charge in [0.05, 0.1) is 28.3 Å². The number of sulfonamides is 1. The molecule has 0 bridgehead atoms. The van der Waals surface area contributed by atoms with Crippen LogP contribution in [-0.2, 0) is 10.0 Å². The molecule has 34 heavy (non-hydrogen) atoms. The van der Waals surface area contributed by atoms with Crippen molar-refractivity contribution in [1.29, 1.82) is 0 Å². The molecule has 2 aromatic carbocycles. The Hall–Kier alpha value is -2.73. The van der Waals surface area contributed by atoms with Crippen LogP contribution < -0.4 is 20.3 Å². The highest BCUT2D eigenvalue weighted by Crippen LogP contribution is 2.34. The van der Waals surface area contributed by atoms with Crippen LogP contribution in [0.1, 0.15) is 0 Å². The number of pyridine rings is 1. The summed E-state index contributed by atoms with van der Waals surface area (Å²) in [6, 6.07) is 8.01. The van der Waals surface area contributed by atoms with Crippen LogP contribution in [0, 0.1) is 17.5 Å². The average Bonchev–Trinajstić information content (AvgIpc) is 2.76. The van der Waals surface area contributed by atoms with E-state index in [1.165, 1.54) is 18.2 Å². The monoisotopic (exact) mass is 535 g/mol. The van der Waals surface area contributed by atoms with Crippen molar-refractivity contribution in [2.24, 2.45) is 0 Å². The van der Waals surface area contributed by atoms with Crippen molar-refractivity contribution in [1.82, 2.24) is 10.3 Å². The largest absolute Gasteiger partial charge is 0.372 e. The lowest BCUT2D eigenvalue weighted by molar-refractivity contribution is 0.570. The van der Waals surface area contributed by atoms with Crippen molar-refractivity contribution in [2.75, 3.05) is 42.1 Å². The quantitative estimate of drug-likeness (QED) is 0.365. The number of hydrogen-bond acceptors (Lipinski definition) is 6. The summed E-state index contributed by atoms with van der Waals surface area (Å²) in [6.07, 6.45) is 0.822. The Morgan fingerprint density at radius 2 is 1.74 bits per heavy atom. The highest BCUT2D eigenvalue weighted by Gasteiger charge is 2.23. The molecule has 3 rings (SSSR count). The summed E-state index contributed by atoms with van der Waals surface area (Å²) in [7, 11) is -0.836. The van der Waals surface area contributed by atoms with Crippen molar-refractivity contribution >= 4 is 56.9 Å². The topological polar surface area (TPSA) is 86.4 Å². The number of rotatable bonds is 9. The van der Waals surface area contributed by atoms with Gasteiger partial charge < -0.3 is 15.5 Å². The van der Waals surface area contributed by atoms with E-state index >= 15 is 0 Å². The predicted octanol–water partition coefficient (Wildman–Crippen LogP) is 4.77. The molecule has 0 aliphatic heterocycles. The number of benzene rings is 2. The van der Waals surface area contributed by atoms with E-state index in [2.05, 4.69) is 20.3 Å². The van der Waals surface area contributed by atoms with Gasteiger partial charge in [0.15, 0.2) is 0 Å². The third-order valence-electron chi connectivity index (χ3n) is 4.61. The van der Waals surface area contributed by atoms with Gasteiger partial charge in [-0.25, -0.2) is 26.6 Å². The zero-order chi connectivity index (χ0) is 24.2. The predicted molar refractivity (Wildman–Crippen MR) is 131 cm³/mol. The van der Waals surface area contributed by atoms with E-state index in [-0.39, 0.29) is 28.9 Å². The van der Waals surface area contributed by atoms with Gasteiger partial charge in [-0.1, -0.05) is 11.6 Å². The van der Waals surface area contributed by atoms with Gasteiger partial charge in [0, 0.05) is 26.2 Å². The molecule has 0 aliphatic carbocycles. The lowest BCUT2D eigenvalue weighted by Gasteiger charge is -2.23. The first-order valence-corrected chi connectivity index (χ1v) is 11.5. The standard InChI is InChI=1S/C21H21ClF3N5O2S.ClH/c1-26-7-8-30(2)19-9-13(23)3-5-17(19)28-18-11-16(25)20(10-15(18)22)33(31,32)29-21-6-4-14(24)12-27-21;/h3-6,9-12,26,28H,7-8H2,1-2H3,(H,27,29);1H. The zero-order valence-electron chi connectivity index (χ0n) is 18.1. The van der Waals surface area contributed by atoms with Crippen molar-refractivity contribution in [3.63, 3.8) is 0 Å². The van der Waals surface area contributed by atoms with E-state index in [9.17, 15) is 21.6 Å². The third kappa shape index (κ3) is 6.66. The van der Waals surface area contributed by atoms with Gasteiger partial charge in [-0.15, -0.1) is 12.4 Å². The number of nitrogens with zero attached hydrogens (tertiary/aromatic N) is 2. The Bertz CT molecular complexity index is 1250. The molecular formula is C21H22Cl2F3N5O2S. The summed E-state index contributed by atoms with van der Waals surface area (Å²) in [6.45, 7) is 1.21. The molecule has 0 saturated heterocycles. The van der Waals surface area contributed by atoms with Crippen molar-refractivity contribution in [3.05, 3.63) is 71.1 Å². The molecular weight excluding hydrogens is 514 g/mol. The van der Waals surface area contributed by atoms with E-state index in [4.69, 9.17) is 11.6 Å². The Labute approximate surface area is 206 Å². The lowest BCUT2D eigenvalue weighted by Crippen LogP contribution is -2.27. The molecule has 0 spiro atoms. The molecule has 0 saturated carbocycles.